The van der Waals surface area contributed by atoms with Crippen LogP contribution in [0.5, 0.6) is 0 Å². The molecule has 1 aromatic rings. The number of carbonyl (C=O) groups excluding carboxylic acids is 1. The van der Waals surface area contributed by atoms with Gasteiger partial charge in [0.1, 0.15) is 12.4 Å². The maximum atomic E-state index is 12.4. The molecule has 0 atom stereocenters. The lowest BCUT2D eigenvalue weighted by Gasteiger charge is -2.31. The number of carbonyl (C=O) groups is 1. The van der Waals surface area contributed by atoms with E-state index in [1.54, 1.807) is 4.57 Å². The number of nitrogens with zero attached hydrogens (tertiary/aromatic N) is 3. The first kappa shape index (κ1) is 12.1. The van der Waals surface area contributed by atoms with Gasteiger partial charge < -0.3 is 4.90 Å². The Bertz CT molecular complexity index is 380. The number of hydrogen-bond donors (Lipinski definition) is 0. The van der Waals surface area contributed by atoms with E-state index in [9.17, 15) is 4.79 Å². The highest BCUT2D eigenvalue weighted by Crippen LogP contribution is 2.22. The van der Waals surface area contributed by atoms with E-state index < -0.39 is 0 Å². The van der Waals surface area contributed by atoms with E-state index in [0.717, 1.165) is 19.4 Å². The minimum Gasteiger partial charge on any atom is -0.302 e. The van der Waals surface area contributed by atoms with Gasteiger partial charge in [-0.2, -0.15) is 4.57 Å². The number of amides is 1. The zero-order valence-corrected chi connectivity index (χ0v) is 10.8. The molecule has 1 aromatic heterocycles. The van der Waals surface area contributed by atoms with Crippen LogP contribution in [0.3, 0.4) is 0 Å². The molecule has 94 valence electrons. The number of rotatable bonds is 2. The molecule has 1 amide bonds. The van der Waals surface area contributed by atoms with E-state index >= 15 is 0 Å². The summed E-state index contributed by atoms with van der Waals surface area (Å²) in [5.74, 6) is 0. The first-order chi connectivity index (χ1) is 8.22. The van der Waals surface area contributed by atoms with Crippen LogP contribution in [0.25, 0.3) is 0 Å². The Labute approximate surface area is 103 Å². The van der Waals surface area contributed by atoms with Crippen molar-refractivity contribution in [3.8, 4) is 0 Å². The molecule has 0 radical (unpaired) electrons. The fourth-order valence-corrected chi connectivity index (χ4v) is 2.65. The van der Waals surface area contributed by atoms with Gasteiger partial charge in [-0.3, -0.25) is 0 Å². The van der Waals surface area contributed by atoms with E-state index in [2.05, 4.69) is 6.92 Å². The van der Waals surface area contributed by atoms with Crippen LogP contribution in [-0.4, -0.2) is 28.1 Å². The molecular formula is C13H22N3O+. The molecule has 17 heavy (non-hydrogen) atoms. The lowest BCUT2D eigenvalue weighted by atomic mass is 9.94. The summed E-state index contributed by atoms with van der Waals surface area (Å²) in [5.41, 5.74) is 0. The Kier molecular flexibility index (Phi) is 3.82. The van der Waals surface area contributed by atoms with Gasteiger partial charge in [-0.15, -0.1) is 0 Å². The molecule has 0 spiro atoms. The van der Waals surface area contributed by atoms with Crippen molar-refractivity contribution >= 4 is 6.03 Å². The lowest BCUT2D eigenvalue weighted by molar-refractivity contribution is -0.670. The predicted molar refractivity (Wildman–Crippen MR) is 65.7 cm³/mol. The summed E-state index contributed by atoms with van der Waals surface area (Å²) in [5, 5.41) is 0. The van der Waals surface area contributed by atoms with E-state index in [4.69, 9.17) is 0 Å². The van der Waals surface area contributed by atoms with Gasteiger partial charge in [-0.05, 0) is 19.8 Å². The Morgan fingerprint density at radius 1 is 1.41 bits per heavy atom. The van der Waals surface area contributed by atoms with Crippen LogP contribution in [0.2, 0.25) is 0 Å². The molecular weight excluding hydrogens is 214 g/mol. The molecule has 0 bridgehead atoms. The molecule has 0 aliphatic heterocycles. The number of imidazole rings is 1. The molecule has 1 aliphatic rings. The summed E-state index contributed by atoms with van der Waals surface area (Å²) in [7, 11) is 1.93. The van der Waals surface area contributed by atoms with Gasteiger partial charge in [-0.25, -0.2) is 9.36 Å². The summed E-state index contributed by atoms with van der Waals surface area (Å²) in [4.78, 5) is 14.4. The predicted octanol–water partition coefficient (Wildman–Crippen LogP) is 1.94. The topological polar surface area (TPSA) is 29.1 Å². The molecule has 1 saturated carbocycles. The fraction of sp³-hybridized carbons (Fsp3) is 0.692. The molecule has 4 heteroatoms. The van der Waals surface area contributed by atoms with Crippen LogP contribution in [0, 0.1) is 0 Å². The maximum absolute atomic E-state index is 12.4. The van der Waals surface area contributed by atoms with Gasteiger partial charge in [0.25, 0.3) is 6.33 Å². The van der Waals surface area contributed by atoms with Crippen molar-refractivity contribution in [1.29, 1.82) is 0 Å². The largest absolute Gasteiger partial charge is 0.416 e. The third kappa shape index (κ3) is 2.68. The Morgan fingerprint density at radius 3 is 2.65 bits per heavy atom. The smallest absolute Gasteiger partial charge is 0.302 e. The van der Waals surface area contributed by atoms with Crippen molar-refractivity contribution < 1.29 is 9.36 Å². The Hall–Kier alpha value is -1.32. The molecule has 0 aromatic carbocycles. The van der Waals surface area contributed by atoms with Gasteiger partial charge in [0.15, 0.2) is 0 Å². The quantitative estimate of drug-likeness (QED) is 0.721. The average molecular weight is 236 g/mol. The Balaban J connectivity index is 2.09. The van der Waals surface area contributed by atoms with Crippen molar-refractivity contribution in [3.05, 3.63) is 18.7 Å². The molecule has 1 fully saturated rings. The summed E-state index contributed by atoms with van der Waals surface area (Å²) in [6.45, 7) is 2.86. The van der Waals surface area contributed by atoms with Gasteiger partial charge in [0.05, 0.1) is 7.05 Å². The second-order valence-electron chi connectivity index (χ2n) is 4.85. The normalized spacial score (nSPS) is 17.1. The van der Waals surface area contributed by atoms with Gasteiger partial charge in [-0.1, -0.05) is 19.3 Å². The lowest BCUT2D eigenvalue weighted by Crippen LogP contribution is -2.43. The summed E-state index contributed by atoms with van der Waals surface area (Å²) in [6.07, 6.45) is 11.7. The van der Waals surface area contributed by atoms with Gasteiger partial charge in [0.2, 0.25) is 0 Å². The molecule has 1 aliphatic carbocycles. The van der Waals surface area contributed by atoms with Gasteiger partial charge >= 0.3 is 6.03 Å². The van der Waals surface area contributed by atoms with E-state index in [-0.39, 0.29) is 6.03 Å². The zero-order chi connectivity index (χ0) is 12.3. The van der Waals surface area contributed by atoms with E-state index in [1.807, 2.05) is 35.2 Å². The molecule has 0 saturated heterocycles. The SMILES string of the molecule is CCN(C(=O)n1cc[n+](C)c1)C1CCCCC1. The van der Waals surface area contributed by atoms with Crippen LogP contribution in [0.15, 0.2) is 18.7 Å². The zero-order valence-electron chi connectivity index (χ0n) is 10.8. The molecule has 0 unspecified atom stereocenters. The van der Waals surface area contributed by atoms with Crippen molar-refractivity contribution in [2.24, 2.45) is 7.05 Å². The minimum atomic E-state index is 0.111. The second-order valence-corrected chi connectivity index (χ2v) is 4.85. The first-order valence-electron chi connectivity index (χ1n) is 6.56. The summed E-state index contributed by atoms with van der Waals surface area (Å²) >= 11 is 0. The van der Waals surface area contributed by atoms with Crippen molar-refractivity contribution in [2.75, 3.05) is 6.54 Å². The third-order valence-electron chi connectivity index (χ3n) is 3.59. The number of aryl methyl sites for hydroxylation is 1. The highest BCUT2D eigenvalue weighted by atomic mass is 16.2. The van der Waals surface area contributed by atoms with Crippen LogP contribution < -0.4 is 4.57 Å². The van der Waals surface area contributed by atoms with E-state index in [0.29, 0.717) is 6.04 Å². The van der Waals surface area contributed by atoms with Crippen molar-refractivity contribution in [2.45, 2.75) is 45.1 Å². The number of aromatic nitrogens is 2. The highest BCUT2D eigenvalue weighted by Gasteiger charge is 2.27. The molecule has 4 nitrogen and oxygen atoms in total. The molecule has 0 N–H and O–H groups in total. The Morgan fingerprint density at radius 2 is 2.12 bits per heavy atom. The molecule has 1 heterocycles. The average Bonchev–Trinajstić information content (AvgIpc) is 2.78. The summed E-state index contributed by atoms with van der Waals surface area (Å²) < 4.78 is 3.57. The maximum Gasteiger partial charge on any atom is 0.416 e. The minimum absolute atomic E-state index is 0.111. The van der Waals surface area contributed by atoms with Crippen LogP contribution in [0.4, 0.5) is 4.79 Å². The fourth-order valence-electron chi connectivity index (χ4n) is 2.65. The van der Waals surface area contributed by atoms with E-state index in [1.165, 1.54) is 19.3 Å². The molecule has 2 rings (SSSR count). The van der Waals surface area contributed by atoms with Crippen molar-refractivity contribution in [1.82, 2.24) is 9.47 Å². The van der Waals surface area contributed by atoms with Crippen molar-refractivity contribution in [3.63, 3.8) is 0 Å². The van der Waals surface area contributed by atoms with Crippen LogP contribution in [0.1, 0.15) is 39.0 Å². The second kappa shape index (κ2) is 5.34. The standard InChI is InChI=1S/C13H22N3O/c1-3-16(12-7-5-4-6-8-12)13(17)15-10-9-14(2)11-15/h9-12H,3-8H2,1-2H3/q+1. The monoisotopic (exact) mass is 236 g/mol. The van der Waals surface area contributed by atoms with Gasteiger partial charge in [0, 0.05) is 12.6 Å². The summed E-state index contributed by atoms with van der Waals surface area (Å²) in [6, 6.07) is 0.550. The highest BCUT2D eigenvalue weighted by molar-refractivity contribution is 5.76. The number of hydrogen-bond acceptors (Lipinski definition) is 1. The van der Waals surface area contributed by atoms with Crippen LogP contribution in [-0.2, 0) is 7.05 Å². The van der Waals surface area contributed by atoms with Crippen LogP contribution >= 0.6 is 0 Å². The third-order valence-corrected chi connectivity index (χ3v) is 3.59. The first-order valence-corrected chi connectivity index (χ1v) is 6.56.